The van der Waals surface area contributed by atoms with Gasteiger partial charge in [0.15, 0.2) is 6.04 Å². The van der Waals surface area contributed by atoms with E-state index in [4.69, 9.17) is 9.47 Å². The summed E-state index contributed by atoms with van der Waals surface area (Å²) in [4.78, 5) is 12.1. The van der Waals surface area contributed by atoms with Gasteiger partial charge >= 0.3 is 5.97 Å². The molecule has 1 aromatic carbocycles. The fourth-order valence-electron chi connectivity index (χ4n) is 2.15. The Bertz CT molecular complexity index is 432. The van der Waals surface area contributed by atoms with Crippen LogP contribution in [0, 0.1) is 0 Å². The topological polar surface area (TPSA) is 47.6 Å². The van der Waals surface area contributed by atoms with E-state index >= 15 is 0 Å². The lowest BCUT2D eigenvalue weighted by atomic mass is 10.1. The molecule has 19 heavy (non-hydrogen) atoms. The quantitative estimate of drug-likeness (QED) is 0.844. The van der Waals surface area contributed by atoms with Crippen molar-refractivity contribution in [1.29, 1.82) is 0 Å². The fraction of sp³-hybridized carbons (Fsp3) is 0.500. The van der Waals surface area contributed by atoms with E-state index < -0.39 is 6.04 Å². The number of ether oxygens (including phenoxy) is 2. The normalized spacial score (nSPS) is 20.0. The van der Waals surface area contributed by atoms with Gasteiger partial charge in [-0.3, -0.25) is 0 Å². The van der Waals surface area contributed by atoms with Crippen LogP contribution in [0.1, 0.15) is 19.8 Å². The van der Waals surface area contributed by atoms with Gasteiger partial charge in [0, 0.05) is 16.8 Å². The number of carbonyl (C=O) groups is 1. The van der Waals surface area contributed by atoms with Crippen molar-refractivity contribution < 1.29 is 14.3 Å². The summed E-state index contributed by atoms with van der Waals surface area (Å²) in [6, 6.07) is 7.25. The molecule has 0 amide bonds. The van der Waals surface area contributed by atoms with Gasteiger partial charge < -0.3 is 14.8 Å². The van der Waals surface area contributed by atoms with E-state index in [-0.39, 0.29) is 12.1 Å². The largest absolute Gasteiger partial charge is 0.464 e. The van der Waals surface area contributed by atoms with Gasteiger partial charge in [0.05, 0.1) is 12.7 Å². The lowest BCUT2D eigenvalue weighted by molar-refractivity contribution is -0.146. The monoisotopic (exact) mass is 327 g/mol. The second-order valence-corrected chi connectivity index (χ2v) is 5.26. The van der Waals surface area contributed by atoms with Crippen molar-refractivity contribution in [3.63, 3.8) is 0 Å². The summed E-state index contributed by atoms with van der Waals surface area (Å²) in [5.74, 6) is -0.259. The zero-order valence-corrected chi connectivity index (χ0v) is 12.5. The number of hydrogen-bond acceptors (Lipinski definition) is 4. The Labute approximate surface area is 121 Å². The van der Waals surface area contributed by atoms with Gasteiger partial charge in [-0.1, -0.05) is 12.1 Å². The SMILES string of the molecule is CCOC(=O)C(Nc1ccccc1Br)C1CCCO1. The van der Waals surface area contributed by atoms with E-state index in [1.807, 2.05) is 31.2 Å². The number of benzene rings is 1. The van der Waals surface area contributed by atoms with Crippen molar-refractivity contribution in [2.24, 2.45) is 0 Å². The van der Waals surface area contributed by atoms with Crippen molar-refractivity contribution in [2.45, 2.75) is 31.9 Å². The van der Waals surface area contributed by atoms with Gasteiger partial charge in [-0.25, -0.2) is 4.79 Å². The van der Waals surface area contributed by atoms with Crippen LogP contribution in [-0.4, -0.2) is 31.3 Å². The van der Waals surface area contributed by atoms with Crippen LogP contribution < -0.4 is 5.32 Å². The maximum Gasteiger partial charge on any atom is 0.331 e. The Morgan fingerprint density at radius 1 is 1.58 bits per heavy atom. The highest BCUT2D eigenvalue weighted by molar-refractivity contribution is 9.10. The van der Waals surface area contributed by atoms with Crippen molar-refractivity contribution in [1.82, 2.24) is 0 Å². The van der Waals surface area contributed by atoms with E-state index in [1.54, 1.807) is 0 Å². The predicted molar refractivity (Wildman–Crippen MR) is 77.2 cm³/mol. The molecular formula is C14H18BrNO3. The van der Waals surface area contributed by atoms with Crippen molar-refractivity contribution >= 4 is 27.6 Å². The summed E-state index contributed by atoms with van der Waals surface area (Å²) in [5.41, 5.74) is 0.871. The Morgan fingerprint density at radius 2 is 2.37 bits per heavy atom. The molecule has 1 aliphatic heterocycles. The molecule has 0 bridgehead atoms. The van der Waals surface area contributed by atoms with E-state index in [0.717, 1.165) is 23.0 Å². The van der Waals surface area contributed by atoms with Crippen molar-refractivity contribution in [3.8, 4) is 0 Å². The van der Waals surface area contributed by atoms with Crippen LogP contribution in [0.3, 0.4) is 0 Å². The van der Waals surface area contributed by atoms with Crippen LogP contribution in [0.25, 0.3) is 0 Å². The Hall–Kier alpha value is -1.07. The van der Waals surface area contributed by atoms with Gasteiger partial charge in [0.2, 0.25) is 0 Å². The minimum atomic E-state index is -0.457. The average Bonchev–Trinajstić information content (AvgIpc) is 2.91. The molecular weight excluding hydrogens is 310 g/mol. The number of carbonyl (C=O) groups excluding carboxylic acids is 1. The second-order valence-electron chi connectivity index (χ2n) is 4.41. The smallest absolute Gasteiger partial charge is 0.331 e. The number of nitrogens with one attached hydrogen (secondary N) is 1. The molecule has 1 N–H and O–H groups in total. The average molecular weight is 328 g/mol. The third-order valence-electron chi connectivity index (χ3n) is 3.06. The van der Waals surface area contributed by atoms with Crippen LogP contribution in [0.5, 0.6) is 0 Å². The minimum Gasteiger partial charge on any atom is -0.464 e. The zero-order chi connectivity index (χ0) is 13.7. The molecule has 0 spiro atoms. The molecule has 0 aliphatic carbocycles. The number of hydrogen-bond donors (Lipinski definition) is 1. The Kier molecular flexibility index (Phi) is 5.22. The van der Waals surface area contributed by atoms with Gasteiger partial charge in [-0.15, -0.1) is 0 Å². The first-order chi connectivity index (χ1) is 9.22. The molecule has 104 valence electrons. The first kappa shape index (κ1) is 14.3. The fourth-order valence-corrected chi connectivity index (χ4v) is 2.55. The van der Waals surface area contributed by atoms with Crippen molar-refractivity contribution in [2.75, 3.05) is 18.5 Å². The Balaban J connectivity index is 2.13. The van der Waals surface area contributed by atoms with E-state index in [0.29, 0.717) is 13.2 Å². The summed E-state index contributed by atoms with van der Waals surface area (Å²) >= 11 is 3.47. The molecule has 2 rings (SSSR count). The molecule has 1 saturated heterocycles. The second kappa shape index (κ2) is 6.91. The molecule has 1 fully saturated rings. The van der Waals surface area contributed by atoms with Crippen LogP contribution in [0.4, 0.5) is 5.69 Å². The van der Waals surface area contributed by atoms with Gasteiger partial charge in [-0.05, 0) is 47.8 Å². The van der Waals surface area contributed by atoms with Gasteiger partial charge in [0.25, 0.3) is 0 Å². The number of halogens is 1. The van der Waals surface area contributed by atoms with Gasteiger partial charge in [0.1, 0.15) is 0 Å². The molecule has 1 aliphatic rings. The molecule has 5 heteroatoms. The Morgan fingerprint density at radius 3 is 3.00 bits per heavy atom. The van der Waals surface area contributed by atoms with E-state index in [1.165, 1.54) is 0 Å². The van der Waals surface area contributed by atoms with Crippen LogP contribution in [-0.2, 0) is 14.3 Å². The first-order valence-electron chi connectivity index (χ1n) is 6.51. The molecule has 0 saturated carbocycles. The summed E-state index contributed by atoms with van der Waals surface area (Å²) in [7, 11) is 0. The summed E-state index contributed by atoms with van der Waals surface area (Å²) in [6.07, 6.45) is 1.74. The number of anilines is 1. The third-order valence-corrected chi connectivity index (χ3v) is 3.75. The lowest BCUT2D eigenvalue weighted by Gasteiger charge is -2.23. The minimum absolute atomic E-state index is 0.119. The summed E-state index contributed by atoms with van der Waals surface area (Å²) < 4.78 is 11.7. The predicted octanol–water partition coefficient (Wildman–Crippen LogP) is 2.97. The van der Waals surface area contributed by atoms with Crippen LogP contribution in [0.2, 0.25) is 0 Å². The van der Waals surface area contributed by atoms with Crippen molar-refractivity contribution in [3.05, 3.63) is 28.7 Å². The molecule has 2 unspecified atom stereocenters. The summed E-state index contributed by atoms with van der Waals surface area (Å²) in [6.45, 7) is 2.89. The summed E-state index contributed by atoms with van der Waals surface area (Å²) in [5, 5.41) is 3.23. The molecule has 4 nitrogen and oxygen atoms in total. The maximum atomic E-state index is 12.1. The number of rotatable bonds is 5. The first-order valence-corrected chi connectivity index (χ1v) is 7.31. The van der Waals surface area contributed by atoms with E-state index in [9.17, 15) is 4.79 Å². The molecule has 2 atom stereocenters. The number of para-hydroxylation sites is 1. The highest BCUT2D eigenvalue weighted by atomic mass is 79.9. The highest BCUT2D eigenvalue weighted by Gasteiger charge is 2.33. The standard InChI is InChI=1S/C14H18BrNO3/c1-2-18-14(17)13(12-8-5-9-19-12)16-11-7-4-3-6-10(11)15/h3-4,6-7,12-13,16H,2,5,8-9H2,1H3. The van der Waals surface area contributed by atoms with Gasteiger partial charge in [-0.2, -0.15) is 0 Å². The number of esters is 1. The van der Waals surface area contributed by atoms with Crippen LogP contribution in [0.15, 0.2) is 28.7 Å². The van der Waals surface area contributed by atoms with Crippen LogP contribution >= 0.6 is 15.9 Å². The lowest BCUT2D eigenvalue weighted by Crippen LogP contribution is -2.41. The molecule has 0 radical (unpaired) electrons. The molecule has 1 heterocycles. The molecule has 0 aromatic heterocycles. The maximum absolute atomic E-state index is 12.1. The zero-order valence-electron chi connectivity index (χ0n) is 10.9. The highest BCUT2D eigenvalue weighted by Crippen LogP contribution is 2.25. The molecule has 1 aromatic rings. The third kappa shape index (κ3) is 3.70. The van der Waals surface area contributed by atoms with E-state index in [2.05, 4.69) is 21.2 Å².